The van der Waals surface area contributed by atoms with Crippen LogP contribution in [0.4, 0.5) is 5.69 Å². The highest BCUT2D eigenvalue weighted by molar-refractivity contribution is 6.00. The number of anilines is 1. The van der Waals surface area contributed by atoms with Gasteiger partial charge in [-0.1, -0.05) is 32.0 Å². The number of carbonyl (C=O) groups excluding carboxylic acids is 4. The maximum absolute atomic E-state index is 12.6. The van der Waals surface area contributed by atoms with Crippen molar-refractivity contribution in [2.45, 2.75) is 45.4 Å². The van der Waals surface area contributed by atoms with Crippen molar-refractivity contribution >= 4 is 29.4 Å². The first-order valence-corrected chi connectivity index (χ1v) is 10.9. The van der Waals surface area contributed by atoms with Crippen LogP contribution in [0.15, 0.2) is 24.3 Å². The predicted octanol–water partition coefficient (Wildman–Crippen LogP) is 1.82. The molecular weight excluding hydrogens is 398 g/mol. The summed E-state index contributed by atoms with van der Waals surface area (Å²) in [4.78, 5) is 52.0. The summed E-state index contributed by atoms with van der Waals surface area (Å²) < 4.78 is 5.25. The Morgan fingerprint density at radius 3 is 2.48 bits per heavy atom. The molecule has 0 unspecified atom stereocenters. The third kappa shape index (κ3) is 5.24. The molecule has 168 valence electrons. The van der Waals surface area contributed by atoms with Crippen LogP contribution in [-0.4, -0.2) is 54.8 Å². The molecule has 2 atom stereocenters. The van der Waals surface area contributed by atoms with Crippen LogP contribution >= 0.6 is 0 Å². The quantitative estimate of drug-likeness (QED) is 0.665. The normalized spacial score (nSPS) is 20.6. The van der Waals surface area contributed by atoms with Crippen LogP contribution in [0.1, 0.15) is 51.0 Å². The lowest BCUT2D eigenvalue weighted by atomic mass is 9.96. The fourth-order valence-corrected chi connectivity index (χ4v) is 4.22. The number of nitrogens with two attached hydrogens (primary N) is 1. The van der Waals surface area contributed by atoms with Crippen molar-refractivity contribution in [1.29, 1.82) is 0 Å². The number of amides is 3. The Morgan fingerprint density at radius 1 is 1.16 bits per heavy atom. The standard InChI is InChI=1S/C23H31N3O5/c1-3-15(2)18-6-4-5-7-19(18)26-13-17(12-20(26)27)23(30)31-14-21(28)25-10-8-16(9-11-25)22(24)29/h4-7,15-17H,3,8-14H2,1-2H3,(H2,24,29)/t15-,17+/m1/s1. The van der Waals surface area contributed by atoms with Gasteiger partial charge in [0.15, 0.2) is 6.61 Å². The van der Waals surface area contributed by atoms with Gasteiger partial charge < -0.3 is 20.3 Å². The summed E-state index contributed by atoms with van der Waals surface area (Å²) in [5.74, 6) is -1.78. The van der Waals surface area contributed by atoms with E-state index in [2.05, 4.69) is 13.8 Å². The number of ether oxygens (including phenoxy) is 1. The number of benzene rings is 1. The van der Waals surface area contributed by atoms with Crippen molar-refractivity contribution in [2.75, 3.05) is 31.1 Å². The third-order valence-corrected chi connectivity index (χ3v) is 6.42. The molecular formula is C23H31N3O5. The first kappa shape index (κ1) is 22.8. The lowest BCUT2D eigenvalue weighted by Gasteiger charge is -2.30. The average molecular weight is 430 g/mol. The zero-order chi connectivity index (χ0) is 22.5. The molecule has 2 heterocycles. The third-order valence-electron chi connectivity index (χ3n) is 6.42. The van der Waals surface area contributed by atoms with E-state index in [9.17, 15) is 19.2 Å². The van der Waals surface area contributed by atoms with Gasteiger partial charge in [-0.2, -0.15) is 0 Å². The summed E-state index contributed by atoms with van der Waals surface area (Å²) in [6.07, 6.45) is 2.07. The maximum Gasteiger partial charge on any atom is 0.311 e. The molecule has 2 aliphatic heterocycles. The minimum Gasteiger partial charge on any atom is -0.455 e. The molecule has 2 N–H and O–H groups in total. The smallest absolute Gasteiger partial charge is 0.311 e. The van der Waals surface area contributed by atoms with Gasteiger partial charge >= 0.3 is 5.97 Å². The zero-order valence-electron chi connectivity index (χ0n) is 18.2. The fraction of sp³-hybridized carbons (Fsp3) is 0.565. The second kappa shape index (κ2) is 9.94. The highest BCUT2D eigenvalue weighted by atomic mass is 16.5. The minimum absolute atomic E-state index is 0.0753. The molecule has 2 saturated heterocycles. The van der Waals surface area contributed by atoms with Crippen LogP contribution in [0.2, 0.25) is 0 Å². The topological polar surface area (TPSA) is 110 Å². The molecule has 0 saturated carbocycles. The number of esters is 1. The fourth-order valence-electron chi connectivity index (χ4n) is 4.22. The number of primary amides is 1. The Bertz CT molecular complexity index is 847. The van der Waals surface area contributed by atoms with Crippen LogP contribution in [0, 0.1) is 11.8 Å². The zero-order valence-corrected chi connectivity index (χ0v) is 18.2. The maximum atomic E-state index is 12.6. The van der Waals surface area contributed by atoms with Crippen LogP contribution in [0.25, 0.3) is 0 Å². The van der Waals surface area contributed by atoms with Gasteiger partial charge in [0.2, 0.25) is 11.8 Å². The van der Waals surface area contributed by atoms with E-state index in [4.69, 9.17) is 10.5 Å². The minimum atomic E-state index is -0.592. The summed E-state index contributed by atoms with van der Waals surface area (Å²) in [6.45, 7) is 4.96. The van der Waals surface area contributed by atoms with Gasteiger partial charge in [-0.15, -0.1) is 0 Å². The van der Waals surface area contributed by atoms with Gasteiger partial charge in [-0.05, 0) is 36.8 Å². The van der Waals surface area contributed by atoms with Crippen LogP contribution < -0.4 is 10.6 Å². The lowest BCUT2D eigenvalue weighted by Crippen LogP contribution is -2.43. The van der Waals surface area contributed by atoms with E-state index in [0.29, 0.717) is 31.8 Å². The Labute approximate surface area is 182 Å². The molecule has 0 spiro atoms. The molecule has 3 rings (SSSR count). The van der Waals surface area contributed by atoms with Crippen molar-refractivity contribution in [2.24, 2.45) is 17.6 Å². The van der Waals surface area contributed by atoms with Gasteiger partial charge in [0.05, 0.1) is 5.92 Å². The monoisotopic (exact) mass is 429 g/mol. The second-order valence-corrected chi connectivity index (χ2v) is 8.44. The highest BCUT2D eigenvalue weighted by Gasteiger charge is 2.37. The largest absolute Gasteiger partial charge is 0.455 e. The van der Waals surface area contributed by atoms with Crippen molar-refractivity contribution in [3.63, 3.8) is 0 Å². The van der Waals surface area contributed by atoms with E-state index in [1.54, 1.807) is 9.80 Å². The molecule has 8 heteroatoms. The molecule has 8 nitrogen and oxygen atoms in total. The van der Waals surface area contributed by atoms with Gasteiger partial charge in [0.1, 0.15) is 0 Å². The molecule has 1 aromatic rings. The Morgan fingerprint density at radius 2 is 1.84 bits per heavy atom. The number of rotatable bonds is 7. The molecule has 31 heavy (non-hydrogen) atoms. The van der Waals surface area contributed by atoms with Gasteiger partial charge in [-0.25, -0.2) is 0 Å². The molecule has 0 bridgehead atoms. The number of likely N-dealkylation sites (tertiary alicyclic amines) is 1. The van der Waals surface area contributed by atoms with Crippen LogP contribution in [-0.2, 0) is 23.9 Å². The number of hydrogen-bond donors (Lipinski definition) is 1. The number of nitrogens with zero attached hydrogens (tertiary/aromatic N) is 2. The number of para-hydroxylation sites is 1. The molecule has 2 aliphatic rings. The first-order chi connectivity index (χ1) is 14.8. The van der Waals surface area contributed by atoms with Crippen molar-refractivity contribution < 1.29 is 23.9 Å². The predicted molar refractivity (Wildman–Crippen MR) is 115 cm³/mol. The van der Waals surface area contributed by atoms with E-state index in [1.807, 2.05) is 24.3 Å². The molecule has 0 radical (unpaired) electrons. The number of piperidine rings is 1. The van der Waals surface area contributed by atoms with Crippen molar-refractivity contribution in [3.05, 3.63) is 29.8 Å². The van der Waals surface area contributed by atoms with Gasteiger partial charge in [0, 0.05) is 37.7 Å². The Hall–Kier alpha value is -2.90. The molecule has 2 fully saturated rings. The second-order valence-electron chi connectivity index (χ2n) is 8.44. The Balaban J connectivity index is 1.54. The van der Waals surface area contributed by atoms with Crippen molar-refractivity contribution in [3.8, 4) is 0 Å². The SMILES string of the molecule is CC[C@@H](C)c1ccccc1N1C[C@@H](C(=O)OCC(=O)N2CCC(C(N)=O)CC2)CC1=O. The summed E-state index contributed by atoms with van der Waals surface area (Å²) in [6, 6.07) is 7.77. The van der Waals surface area contributed by atoms with E-state index in [1.165, 1.54) is 0 Å². The lowest BCUT2D eigenvalue weighted by molar-refractivity contribution is -0.155. The van der Waals surface area contributed by atoms with E-state index in [-0.39, 0.29) is 43.2 Å². The van der Waals surface area contributed by atoms with Crippen LogP contribution in [0.3, 0.4) is 0 Å². The molecule has 0 aliphatic carbocycles. The van der Waals surface area contributed by atoms with Crippen molar-refractivity contribution in [1.82, 2.24) is 4.90 Å². The average Bonchev–Trinajstić information content (AvgIpc) is 3.18. The van der Waals surface area contributed by atoms with Gasteiger partial charge in [0.25, 0.3) is 5.91 Å². The summed E-state index contributed by atoms with van der Waals surface area (Å²) in [5.41, 5.74) is 7.24. The number of carbonyl (C=O) groups is 4. The van der Waals surface area contributed by atoms with E-state index < -0.39 is 11.9 Å². The molecule has 1 aromatic carbocycles. The summed E-state index contributed by atoms with van der Waals surface area (Å²) >= 11 is 0. The summed E-state index contributed by atoms with van der Waals surface area (Å²) in [5, 5.41) is 0. The number of hydrogen-bond acceptors (Lipinski definition) is 5. The first-order valence-electron chi connectivity index (χ1n) is 10.9. The summed E-state index contributed by atoms with van der Waals surface area (Å²) in [7, 11) is 0. The van der Waals surface area contributed by atoms with Gasteiger partial charge in [-0.3, -0.25) is 19.2 Å². The van der Waals surface area contributed by atoms with Crippen LogP contribution in [0.5, 0.6) is 0 Å². The van der Waals surface area contributed by atoms with E-state index >= 15 is 0 Å². The van der Waals surface area contributed by atoms with E-state index in [0.717, 1.165) is 17.7 Å². The molecule has 0 aromatic heterocycles. The Kier molecular flexibility index (Phi) is 7.30. The highest BCUT2D eigenvalue weighted by Crippen LogP contribution is 2.33. The molecule has 3 amide bonds.